The Balaban J connectivity index is 1.39. The standard InChI is InChI=1S/C24H20FN3O/c1-27-11-3-4-18-12-16(8-9-23(18)27)17-6-7-19(21(25)13-17)14-28-15-22-20(24(28)29)5-2-10-26-22/h2-10,12-13H,11,14-15H2,1H3. The molecule has 0 unspecified atom stereocenters. The fraction of sp³-hybridized carbons (Fsp3) is 0.167. The summed E-state index contributed by atoms with van der Waals surface area (Å²) < 4.78 is 14.9. The summed E-state index contributed by atoms with van der Waals surface area (Å²) in [5.74, 6) is -0.397. The van der Waals surface area contributed by atoms with Gasteiger partial charge in [0.2, 0.25) is 0 Å². The molecule has 1 aromatic heterocycles. The predicted molar refractivity (Wildman–Crippen MR) is 112 cm³/mol. The maximum absolute atomic E-state index is 14.9. The first kappa shape index (κ1) is 17.6. The number of nitrogens with zero attached hydrogens (tertiary/aromatic N) is 3. The van der Waals surface area contributed by atoms with Crippen LogP contribution in [0, 0.1) is 5.82 Å². The second kappa shape index (κ2) is 6.85. The van der Waals surface area contributed by atoms with E-state index >= 15 is 0 Å². The smallest absolute Gasteiger partial charge is 0.256 e. The Morgan fingerprint density at radius 2 is 1.93 bits per heavy atom. The monoisotopic (exact) mass is 385 g/mol. The van der Waals surface area contributed by atoms with E-state index in [0.717, 1.165) is 28.9 Å². The van der Waals surface area contributed by atoms with Crippen molar-refractivity contribution in [3.63, 3.8) is 0 Å². The Kier molecular flexibility index (Phi) is 4.16. The van der Waals surface area contributed by atoms with Crippen LogP contribution in [0.1, 0.15) is 27.2 Å². The Morgan fingerprint density at radius 1 is 1.10 bits per heavy atom. The molecular weight excluding hydrogens is 365 g/mol. The molecule has 144 valence electrons. The molecule has 2 aromatic carbocycles. The molecule has 2 aliphatic heterocycles. The third kappa shape index (κ3) is 3.09. The minimum Gasteiger partial charge on any atom is -0.370 e. The Bertz CT molecular complexity index is 1150. The van der Waals surface area contributed by atoms with Crippen LogP contribution >= 0.6 is 0 Å². The Labute approximate surface area is 168 Å². The average molecular weight is 385 g/mol. The SMILES string of the molecule is CN1CC=Cc2cc(-c3ccc(CN4Cc5ncccc5C4=O)c(F)c3)ccc21. The number of carbonyl (C=O) groups excluding carboxylic acids is 1. The van der Waals surface area contributed by atoms with Gasteiger partial charge in [-0.15, -0.1) is 0 Å². The molecule has 0 spiro atoms. The zero-order chi connectivity index (χ0) is 20.0. The quantitative estimate of drug-likeness (QED) is 0.666. The zero-order valence-corrected chi connectivity index (χ0v) is 16.1. The molecule has 0 radical (unpaired) electrons. The summed E-state index contributed by atoms with van der Waals surface area (Å²) in [5, 5.41) is 0. The van der Waals surface area contributed by atoms with Crippen molar-refractivity contribution >= 4 is 17.7 Å². The molecule has 3 aromatic rings. The molecule has 2 aliphatic rings. The molecule has 0 saturated heterocycles. The highest BCUT2D eigenvalue weighted by molar-refractivity contribution is 5.97. The van der Waals surface area contributed by atoms with Crippen LogP contribution in [0.15, 0.2) is 60.8 Å². The van der Waals surface area contributed by atoms with Gasteiger partial charge in [-0.1, -0.05) is 30.4 Å². The first-order chi connectivity index (χ1) is 14.1. The number of aromatic nitrogens is 1. The van der Waals surface area contributed by atoms with Crippen LogP contribution in [-0.4, -0.2) is 29.4 Å². The highest BCUT2D eigenvalue weighted by Crippen LogP contribution is 2.31. The van der Waals surface area contributed by atoms with Gasteiger partial charge in [0.05, 0.1) is 17.8 Å². The number of likely N-dealkylation sites (N-methyl/N-ethyl adjacent to an activating group) is 1. The number of anilines is 1. The molecule has 5 heteroatoms. The second-order valence-corrected chi connectivity index (χ2v) is 7.52. The molecule has 4 nitrogen and oxygen atoms in total. The normalized spacial score (nSPS) is 14.9. The van der Waals surface area contributed by atoms with Crippen LogP contribution in [0.4, 0.5) is 10.1 Å². The Morgan fingerprint density at radius 3 is 2.76 bits per heavy atom. The number of hydrogen-bond acceptors (Lipinski definition) is 3. The van der Waals surface area contributed by atoms with Crippen LogP contribution < -0.4 is 4.90 Å². The van der Waals surface area contributed by atoms with Gasteiger partial charge in [0, 0.05) is 37.6 Å². The van der Waals surface area contributed by atoms with Crippen molar-refractivity contribution < 1.29 is 9.18 Å². The van der Waals surface area contributed by atoms with E-state index in [1.54, 1.807) is 35.4 Å². The third-order valence-electron chi connectivity index (χ3n) is 5.61. The average Bonchev–Trinajstić information content (AvgIpc) is 3.05. The van der Waals surface area contributed by atoms with E-state index in [1.165, 1.54) is 5.69 Å². The summed E-state index contributed by atoms with van der Waals surface area (Å²) in [4.78, 5) is 20.6. The molecule has 0 bridgehead atoms. The zero-order valence-electron chi connectivity index (χ0n) is 16.1. The van der Waals surface area contributed by atoms with Gasteiger partial charge >= 0.3 is 0 Å². The number of benzene rings is 2. The van der Waals surface area contributed by atoms with E-state index in [4.69, 9.17) is 0 Å². The first-order valence-corrected chi connectivity index (χ1v) is 9.64. The summed E-state index contributed by atoms with van der Waals surface area (Å²) >= 11 is 0. The maximum Gasteiger partial charge on any atom is 0.256 e. The lowest BCUT2D eigenvalue weighted by molar-refractivity contribution is 0.0765. The van der Waals surface area contributed by atoms with Crippen LogP contribution in [0.3, 0.4) is 0 Å². The van der Waals surface area contributed by atoms with Gasteiger partial charge in [-0.05, 0) is 47.0 Å². The van der Waals surface area contributed by atoms with Gasteiger partial charge < -0.3 is 9.80 Å². The van der Waals surface area contributed by atoms with E-state index < -0.39 is 0 Å². The van der Waals surface area contributed by atoms with E-state index in [-0.39, 0.29) is 18.3 Å². The lowest BCUT2D eigenvalue weighted by atomic mass is 9.98. The highest BCUT2D eigenvalue weighted by atomic mass is 19.1. The summed E-state index contributed by atoms with van der Waals surface area (Å²) in [6, 6.07) is 15.0. The molecule has 1 amide bonds. The van der Waals surface area contributed by atoms with Crippen molar-refractivity contribution in [2.45, 2.75) is 13.1 Å². The van der Waals surface area contributed by atoms with Gasteiger partial charge in [-0.25, -0.2) is 4.39 Å². The van der Waals surface area contributed by atoms with Crippen molar-refractivity contribution in [2.75, 3.05) is 18.5 Å². The maximum atomic E-state index is 14.9. The van der Waals surface area contributed by atoms with Crippen molar-refractivity contribution in [1.29, 1.82) is 0 Å². The van der Waals surface area contributed by atoms with Crippen molar-refractivity contribution in [1.82, 2.24) is 9.88 Å². The molecule has 29 heavy (non-hydrogen) atoms. The number of fused-ring (bicyclic) bond motifs is 2. The predicted octanol–water partition coefficient (Wildman–Crippen LogP) is 4.51. The van der Waals surface area contributed by atoms with E-state index in [0.29, 0.717) is 17.7 Å². The van der Waals surface area contributed by atoms with Gasteiger partial charge in [0.25, 0.3) is 5.91 Å². The number of amides is 1. The lowest BCUT2D eigenvalue weighted by Gasteiger charge is -2.24. The van der Waals surface area contributed by atoms with Gasteiger partial charge in [-0.3, -0.25) is 9.78 Å². The molecule has 0 N–H and O–H groups in total. The largest absolute Gasteiger partial charge is 0.370 e. The molecule has 5 rings (SSSR count). The van der Waals surface area contributed by atoms with E-state index in [2.05, 4.69) is 41.2 Å². The fourth-order valence-electron chi connectivity index (χ4n) is 4.02. The molecular formula is C24H20FN3O. The summed E-state index contributed by atoms with van der Waals surface area (Å²) in [7, 11) is 2.06. The van der Waals surface area contributed by atoms with Gasteiger partial charge in [0.1, 0.15) is 5.82 Å². The van der Waals surface area contributed by atoms with Crippen molar-refractivity contribution in [3.8, 4) is 11.1 Å². The van der Waals surface area contributed by atoms with Crippen LogP contribution in [-0.2, 0) is 13.1 Å². The first-order valence-electron chi connectivity index (χ1n) is 9.64. The minimum atomic E-state index is -0.301. The van der Waals surface area contributed by atoms with Crippen molar-refractivity contribution in [3.05, 3.63) is 89.0 Å². The molecule has 0 saturated carbocycles. The van der Waals surface area contributed by atoms with E-state index in [9.17, 15) is 9.18 Å². The number of carbonyl (C=O) groups is 1. The number of hydrogen-bond donors (Lipinski definition) is 0. The highest BCUT2D eigenvalue weighted by Gasteiger charge is 2.28. The van der Waals surface area contributed by atoms with Crippen LogP contribution in [0.5, 0.6) is 0 Å². The van der Waals surface area contributed by atoms with E-state index in [1.807, 2.05) is 12.1 Å². The second-order valence-electron chi connectivity index (χ2n) is 7.52. The number of pyridine rings is 1. The third-order valence-corrected chi connectivity index (χ3v) is 5.61. The number of halogens is 1. The molecule has 0 aliphatic carbocycles. The Hall–Kier alpha value is -3.47. The molecule has 0 atom stereocenters. The summed E-state index contributed by atoms with van der Waals surface area (Å²) in [5.41, 5.74) is 5.98. The van der Waals surface area contributed by atoms with Crippen LogP contribution in [0.2, 0.25) is 0 Å². The minimum absolute atomic E-state index is 0.0952. The lowest BCUT2D eigenvalue weighted by Crippen LogP contribution is -2.23. The molecule has 0 fully saturated rings. The topological polar surface area (TPSA) is 36.4 Å². The fourth-order valence-corrected chi connectivity index (χ4v) is 4.02. The van der Waals surface area contributed by atoms with Gasteiger partial charge in [-0.2, -0.15) is 0 Å². The summed E-state index contributed by atoms with van der Waals surface area (Å²) in [6.07, 6.45) is 5.90. The van der Waals surface area contributed by atoms with Crippen molar-refractivity contribution in [2.24, 2.45) is 0 Å². The summed E-state index contributed by atoms with van der Waals surface area (Å²) in [6.45, 7) is 1.55. The van der Waals surface area contributed by atoms with Crippen LogP contribution in [0.25, 0.3) is 17.2 Å². The van der Waals surface area contributed by atoms with Gasteiger partial charge in [0.15, 0.2) is 0 Å². The molecule has 3 heterocycles. The number of rotatable bonds is 3.